The molecule has 17 heavy (non-hydrogen) atoms. The molecule has 0 aliphatic heterocycles. The van der Waals surface area contributed by atoms with Gasteiger partial charge < -0.3 is 14.5 Å². The maximum Gasteiger partial charge on any atom is 0.430 e. The van der Waals surface area contributed by atoms with Crippen LogP contribution in [-0.2, 0) is 0 Å². The van der Waals surface area contributed by atoms with E-state index in [0.29, 0.717) is 5.69 Å². The van der Waals surface area contributed by atoms with E-state index in [0.717, 1.165) is 0 Å². The summed E-state index contributed by atoms with van der Waals surface area (Å²) in [6, 6.07) is 12.0. The summed E-state index contributed by atoms with van der Waals surface area (Å²) in [5.74, 6) is -0.253. The van der Waals surface area contributed by atoms with Crippen LogP contribution in [0.3, 0.4) is 0 Å². The predicted octanol–water partition coefficient (Wildman–Crippen LogP) is 2.33. The lowest BCUT2D eigenvalue weighted by Gasteiger charge is -1.96. The minimum absolute atomic E-state index is 0.110. The Morgan fingerprint density at radius 2 is 2.00 bits per heavy atom. The first-order valence-corrected chi connectivity index (χ1v) is 4.84. The summed E-state index contributed by atoms with van der Waals surface area (Å²) in [6.45, 7) is 0. The van der Waals surface area contributed by atoms with E-state index in [2.05, 4.69) is 10.5 Å². The standard InChI is InChI=1S/C11H9N3O3/c15-14(16)11(10-7-4-8-17-10)13-12-9-5-2-1-3-6-9/h1-8,12H. The smallest absolute Gasteiger partial charge is 0.430 e. The molecule has 1 aromatic heterocycles. The fraction of sp³-hybridized carbons (Fsp3) is 0. The van der Waals surface area contributed by atoms with Gasteiger partial charge in [-0.3, -0.25) is 0 Å². The van der Waals surface area contributed by atoms with Crippen molar-refractivity contribution >= 4 is 11.5 Å². The van der Waals surface area contributed by atoms with Crippen molar-refractivity contribution in [1.29, 1.82) is 0 Å². The second-order valence-electron chi connectivity index (χ2n) is 3.15. The molecular weight excluding hydrogens is 222 g/mol. The summed E-state index contributed by atoms with van der Waals surface area (Å²) in [5.41, 5.74) is 3.27. The lowest BCUT2D eigenvalue weighted by molar-refractivity contribution is -0.350. The van der Waals surface area contributed by atoms with Crippen LogP contribution in [0.15, 0.2) is 58.2 Å². The van der Waals surface area contributed by atoms with Gasteiger partial charge >= 0.3 is 5.84 Å². The molecule has 86 valence electrons. The maximum atomic E-state index is 10.8. The Bertz CT molecular complexity index is 520. The minimum atomic E-state index is -0.602. The van der Waals surface area contributed by atoms with Crippen LogP contribution < -0.4 is 5.43 Å². The number of hydrogen-bond acceptors (Lipinski definition) is 5. The van der Waals surface area contributed by atoms with Crippen molar-refractivity contribution in [3.8, 4) is 0 Å². The van der Waals surface area contributed by atoms with Crippen LogP contribution in [0.25, 0.3) is 0 Å². The van der Waals surface area contributed by atoms with Gasteiger partial charge in [-0.1, -0.05) is 18.2 Å². The number of hydrogen-bond donors (Lipinski definition) is 1. The highest BCUT2D eigenvalue weighted by Crippen LogP contribution is 2.07. The number of anilines is 1. The number of amidine groups is 1. The Hall–Kier alpha value is -2.63. The van der Waals surface area contributed by atoms with E-state index in [1.807, 2.05) is 6.07 Å². The predicted molar refractivity (Wildman–Crippen MR) is 62.3 cm³/mol. The molecule has 0 radical (unpaired) electrons. The Labute approximate surface area is 96.7 Å². The highest BCUT2D eigenvalue weighted by atomic mass is 16.6. The van der Waals surface area contributed by atoms with E-state index in [1.54, 1.807) is 30.3 Å². The number of furan rings is 1. The summed E-state index contributed by atoms with van der Waals surface area (Å²) >= 11 is 0. The maximum absolute atomic E-state index is 10.8. The molecule has 6 heteroatoms. The number of nitro groups is 1. The highest BCUT2D eigenvalue weighted by molar-refractivity contribution is 5.90. The van der Waals surface area contributed by atoms with Crippen molar-refractivity contribution in [3.63, 3.8) is 0 Å². The van der Waals surface area contributed by atoms with Crippen LogP contribution in [0.4, 0.5) is 5.69 Å². The Morgan fingerprint density at radius 3 is 2.59 bits per heavy atom. The van der Waals surface area contributed by atoms with E-state index in [1.165, 1.54) is 12.3 Å². The van der Waals surface area contributed by atoms with Gasteiger partial charge in [0.05, 0.1) is 17.1 Å². The zero-order chi connectivity index (χ0) is 12.1. The van der Waals surface area contributed by atoms with Gasteiger partial charge in [0.2, 0.25) is 5.76 Å². The van der Waals surface area contributed by atoms with Crippen molar-refractivity contribution in [2.45, 2.75) is 0 Å². The second kappa shape index (κ2) is 4.93. The van der Waals surface area contributed by atoms with Gasteiger partial charge in [-0.05, 0) is 29.2 Å². The topological polar surface area (TPSA) is 80.7 Å². The Kier molecular flexibility index (Phi) is 3.15. The second-order valence-corrected chi connectivity index (χ2v) is 3.15. The molecule has 1 N–H and O–H groups in total. The molecule has 0 aliphatic carbocycles. The summed E-state index contributed by atoms with van der Waals surface area (Å²) in [5, 5.41) is 14.5. The largest absolute Gasteiger partial charge is 0.456 e. The molecular formula is C11H9N3O3. The van der Waals surface area contributed by atoms with Gasteiger partial charge in [-0.25, -0.2) is 0 Å². The zero-order valence-corrected chi connectivity index (χ0v) is 8.74. The molecule has 0 amide bonds. The first kappa shape index (κ1) is 10.9. The van der Waals surface area contributed by atoms with E-state index >= 15 is 0 Å². The normalized spacial score (nSPS) is 11.2. The average Bonchev–Trinajstić information content (AvgIpc) is 2.84. The number of rotatable bonds is 3. The first-order valence-electron chi connectivity index (χ1n) is 4.84. The fourth-order valence-corrected chi connectivity index (χ4v) is 1.22. The SMILES string of the molecule is O=[N+]([O-])C(=NNc1ccccc1)c1ccco1. The summed E-state index contributed by atoms with van der Waals surface area (Å²) < 4.78 is 4.93. The van der Waals surface area contributed by atoms with Crippen LogP contribution >= 0.6 is 0 Å². The number of hydrazone groups is 1. The summed E-state index contributed by atoms with van der Waals surface area (Å²) in [4.78, 5) is 10.2. The Balaban J connectivity index is 2.21. The van der Waals surface area contributed by atoms with Crippen LogP contribution in [0, 0.1) is 10.1 Å². The van der Waals surface area contributed by atoms with E-state index < -0.39 is 4.92 Å². The van der Waals surface area contributed by atoms with E-state index in [-0.39, 0.29) is 11.6 Å². The number of benzene rings is 1. The van der Waals surface area contributed by atoms with Gasteiger partial charge in [-0.2, -0.15) is 5.43 Å². The van der Waals surface area contributed by atoms with E-state index in [4.69, 9.17) is 4.42 Å². The number of nitrogens with zero attached hydrogens (tertiary/aromatic N) is 2. The number of para-hydroxylation sites is 1. The lowest BCUT2D eigenvalue weighted by Crippen LogP contribution is -2.14. The van der Waals surface area contributed by atoms with Crippen LogP contribution in [0.2, 0.25) is 0 Å². The molecule has 2 aromatic rings. The molecule has 6 nitrogen and oxygen atoms in total. The van der Waals surface area contributed by atoms with Gasteiger partial charge in [0.1, 0.15) is 0 Å². The lowest BCUT2D eigenvalue weighted by atomic mass is 10.3. The van der Waals surface area contributed by atoms with Crippen molar-refractivity contribution < 1.29 is 9.34 Å². The summed E-state index contributed by atoms with van der Waals surface area (Å²) in [7, 11) is 0. The van der Waals surface area contributed by atoms with Crippen LogP contribution in [0.1, 0.15) is 5.76 Å². The van der Waals surface area contributed by atoms with Crippen LogP contribution in [-0.4, -0.2) is 10.8 Å². The van der Waals surface area contributed by atoms with Gasteiger partial charge in [0.25, 0.3) is 0 Å². The van der Waals surface area contributed by atoms with Crippen LogP contribution in [0.5, 0.6) is 0 Å². The fourth-order valence-electron chi connectivity index (χ4n) is 1.22. The number of nitrogens with one attached hydrogen (secondary N) is 1. The molecule has 0 atom stereocenters. The van der Waals surface area contributed by atoms with Crippen molar-refractivity contribution in [1.82, 2.24) is 0 Å². The minimum Gasteiger partial charge on any atom is -0.456 e. The average molecular weight is 231 g/mol. The van der Waals surface area contributed by atoms with Crippen molar-refractivity contribution in [2.24, 2.45) is 5.10 Å². The molecule has 2 rings (SSSR count). The van der Waals surface area contributed by atoms with Crippen molar-refractivity contribution in [3.05, 3.63) is 64.6 Å². The first-order chi connectivity index (χ1) is 8.27. The molecule has 0 bridgehead atoms. The molecule has 0 saturated heterocycles. The highest BCUT2D eigenvalue weighted by Gasteiger charge is 2.19. The zero-order valence-electron chi connectivity index (χ0n) is 8.74. The monoisotopic (exact) mass is 231 g/mol. The molecule has 0 aliphatic rings. The molecule has 0 unspecified atom stereocenters. The summed E-state index contributed by atoms with van der Waals surface area (Å²) in [6.07, 6.45) is 1.36. The molecule has 1 aromatic carbocycles. The third-order valence-corrected chi connectivity index (χ3v) is 1.98. The Morgan fingerprint density at radius 1 is 1.24 bits per heavy atom. The van der Waals surface area contributed by atoms with Gasteiger partial charge in [0, 0.05) is 0 Å². The molecule has 0 fully saturated rings. The van der Waals surface area contributed by atoms with Crippen molar-refractivity contribution in [2.75, 3.05) is 5.43 Å². The van der Waals surface area contributed by atoms with E-state index in [9.17, 15) is 10.1 Å². The molecule has 1 heterocycles. The molecule has 0 spiro atoms. The third-order valence-electron chi connectivity index (χ3n) is 1.98. The molecule has 0 saturated carbocycles. The quantitative estimate of drug-likeness (QED) is 0.380. The van der Waals surface area contributed by atoms with Gasteiger partial charge in [-0.15, -0.1) is 0 Å². The third kappa shape index (κ3) is 2.69. The van der Waals surface area contributed by atoms with Gasteiger partial charge in [0.15, 0.2) is 0 Å².